The Labute approximate surface area is 111 Å². The summed E-state index contributed by atoms with van der Waals surface area (Å²) in [6, 6.07) is 0. The van der Waals surface area contributed by atoms with E-state index in [1.54, 1.807) is 24.7 Å². The van der Waals surface area contributed by atoms with E-state index < -0.39 is 6.10 Å². The molecule has 0 aliphatic rings. The Morgan fingerprint density at radius 2 is 2.32 bits per heavy atom. The Kier molecular flexibility index (Phi) is 2.66. The maximum Gasteiger partial charge on any atom is 0.292 e. The van der Waals surface area contributed by atoms with Gasteiger partial charge in [-0.05, 0) is 6.92 Å². The second-order valence-corrected chi connectivity index (χ2v) is 5.36. The van der Waals surface area contributed by atoms with Crippen LogP contribution < -0.4 is 11.3 Å². The van der Waals surface area contributed by atoms with Gasteiger partial charge in [0.2, 0.25) is 0 Å². The fraction of sp³-hybridized carbons (Fsp3) is 0.364. The first-order valence-corrected chi connectivity index (χ1v) is 6.59. The van der Waals surface area contributed by atoms with Gasteiger partial charge in [0, 0.05) is 12.4 Å². The summed E-state index contributed by atoms with van der Waals surface area (Å²) >= 11 is 1.38. The molecule has 0 aliphatic heterocycles. The molecule has 3 heterocycles. The molecule has 0 bridgehead atoms. The molecule has 0 fully saturated rings. The van der Waals surface area contributed by atoms with Crippen LogP contribution in [0.5, 0.6) is 0 Å². The van der Waals surface area contributed by atoms with Gasteiger partial charge < -0.3 is 15.4 Å². The van der Waals surface area contributed by atoms with Crippen LogP contribution in [0.4, 0.5) is 0 Å². The first kappa shape index (κ1) is 12.3. The Hall–Kier alpha value is -1.77. The number of aliphatic hydroxyl groups excluding tert-OH is 1. The maximum absolute atomic E-state index is 12.2. The Balaban J connectivity index is 2.45. The highest BCUT2D eigenvalue weighted by atomic mass is 32.1. The summed E-state index contributed by atoms with van der Waals surface area (Å²) in [6.45, 7) is 1.71. The molecular formula is C11H13N5O2S. The summed E-state index contributed by atoms with van der Waals surface area (Å²) in [6.07, 6.45) is 1.00. The lowest BCUT2D eigenvalue weighted by Crippen LogP contribution is -2.27. The van der Waals surface area contributed by atoms with E-state index in [-0.39, 0.29) is 12.2 Å². The third-order valence-electron chi connectivity index (χ3n) is 3.07. The van der Waals surface area contributed by atoms with Crippen LogP contribution in [0, 0.1) is 0 Å². The van der Waals surface area contributed by atoms with Gasteiger partial charge in [-0.25, -0.2) is 9.67 Å². The molecular weight excluding hydrogens is 266 g/mol. The number of rotatable bonds is 2. The summed E-state index contributed by atoms with van der Waals surface area (Å²) < 4.78 is 3.80. The topological polar surface area (TPSA) is 99.0 Å². The minimum Gasteiger partial charge on any atom is -0.386 e. The minimum atomic E-state index is -0.621. The van der Waals surface area contributed by atoms with E-state index in [9.17, 15) is 9.90 Å². The lowest BCUT2D eigenvalue weighted by atomic mass is 10.3. The number of hydrogen-bond donors (Lipinski definition) is 2. The number of aryl methyl sites for hydroxylation is 1. The molecule has 1 unspecified atom stereocenters. The molecule has 0 aromatic carbocycles. The smallest absolute Gasteiger partial charge is 0.292 e. The summed E-state index contributed by atoms with van der Waals surface area (Å²) in [5.41, 5.74) is 6.46. The van der Waals surface area contributed by atoms with Gasteiger partial charge >= 0.3 is 0 Å². The van der Waals surface area contributed by atoms with Crippen molar-refractivity contribution in [2.75, 3.05) is 0 Å². The molecule has 100 valence electrons. The molecule has 3 aromatic heterocycles. The standard InChI is InChI=1S/C11H13N5O2S/c1-5(17)10-14-9-8(19-10)6-3-13-16(4-12)11(18)7(6)15(9)2/h3,5,17H,4,12H2,1-2H3. The first-order chi connectivity index (χ1) is 9.04. The van der Waals surface area contributed by atoms with Crippen molar-refractivity contribution in [2.24, 2.45) is 12.8 Å². The Bertz CT molecular complexity index is 829. The van der Waals surface area contributed by atoms with E-state index in [0.29, 0.717) is 16.2 Å². The van der Waals surface area contributed by atoms with Gasteiger partial charge in [0.1, 0.15) is 16.6 Å². The molecule has 3 rings (SSSR count). The van der Waals surface area contributed by atoms with Crippen molar-refractivity contribution in [3.63, 3.8) is 0 Å². The van der Waals surface area contributed by atoms with Crippen LogP contribution in [0.2, 0.25) is 0 Å². The van der Waals surface area contributed by atoms with Crippen molar-refractivity contribution in [1.82, 2.24) is 19.3 Å². The summed E-state index contributed by atoms with van der Waals surface area (Å²) in [5, 5.41) is 15.0. The molecule has 7 nitrogen and oxygen atoms in total. The van der Waals surface area contributed by atoms with Gasteiger partial charge in [0.05, 0.1) is 17.6 Å². The van der Waals surface area contributed by atoms with E-state index in [4.69, 9.17) is 5.73 Å². The van der Waals surface area contributed by atoms with E-state index in [1.165, 1.54) is 16.0 Å². The van der Waals surface area contributed by atoms with Gasteiger partial charge in [0.25, 0.3) is 5.56 Å². The third kappa shape index (κ3) is 1.61. The van der Waals surface area contributed by atoms with Crippen LogP contribution in [0.25, 0.3) is 21.3 Å². The number of nitrogens with two attached hydrogens (primary N) is 1. The molecule has 8 heteroatoms. The quantitative estimate of drug-likeness (QED) is 0.703. The molecule has 1 atom stereocenters. The van der Waals surface area contributed by atoms with Crippen LogP contribution in [0.1, 0.15) is 18.0 Å². The maximum atomic E-state index is 12.2. The fourth-order valence-electron chi connectivity index (χ4n) is 2.11. The van der Waals surface area contributed by atoms with Crippen LogP contribution in [0.15, 0.2) is 11.0 Å². The summed E-state index contributed by atoms with van der Waals surface area (Å²) in [5.74, 6) is 0. The predicted molar refractivity (Wildman–Crippen MR) is 73.0 cm³/mol. The van der Waals surface area contributed by atoms with Crippen molar-refractivity contribution < 1.29 is 5.11 Å². The highest BCUT2D eigenvalue weighted by molar-refractivity contribution is 7.19. The average molecular weight is 279 g/mol. The molecule has 0 radical (unpaired) electrons. The third-order valence-corrected chi connectivity index (χ3v) is 4.32. The van der Waals surface area contributed by atoms with Crippen LogP contribution in [-0.4, -0.2) is 24.4 Å². The number of aliphatic hydroxyl groups is 1. The number of thiazole rings is 1. The number of hydrogen-bond acceptors (Lipinski definition) is 6. The van der Waals surface area contributed by atoms with Crippen molar-refractivity contribution in [3.8, 4) is 0 Å². The van der Waals surface area contributed by atoms with Crippen molar-refractivity contribution in [1.29, 1.82) is 0 Å². The number of aromatic nitrogens is 4. The highest BCUT2D eigenvalue weighted by Crippen LogP contribution is 2.32. The van der Waals surface area contributed by atoms with Crippen LogP contribution in [-0.2, 0) is 13.7 Å². The molecule has 0 aliphatic carbocycles. The summed E-state index contributed by atoms with van der Waals surface area (Å²) in [4.78, 5) is 16.6. The monoisotopic (exact) mass is 279 g/mol. The number of fused-ring (bicyclic) bond motifs is 3. The van der Waals surface area contributed by atoms with Crippen molar-refractivity contribution in [3.05, 3.63) is 21.6 Å². The second kappa shape index (κ2) is 4.12. The van der Waals surface area contributed by atoms with Gasteiger partial charge in [-0.1, -0.05) is 0 Å². The molecule has 0 amide bonds. The number of nitrogens with zero attached hydrogens (tertiary/aromatic N) is 4. The van der Waals surface area contributed by atoms with Gasteiger partial charge in [-0.3, -0.25) is 4.79 Å². The molecule has 0 saturated carbocycles. The highest BCUT2D eigenvalue weighted by Gasteiger charge is 2.19. The zero-order valence-electron chi connectivity index (χ0n) is 10.5. The Morgan fingerprint density at radius 3 is 2.95 bits per heavy atom. The van der Waals surface area contributed by atoms with Crippen LogP contribution >= 0.6 is 11.3 Å². The first-order valence-electron chi connectivity index (χ1n) is 5.77. The largest absolute Gasteiger partial charge is 0.386 e. The van der Waals surface area contributed by atoms with E-state index in [2.05, 4.69) is 10.1 Å². The second-order valence-electron chi connectivity index (χ2n) is 4.33. The average Bonchev–Trinajstić information content (AvgIpc) is 2.91. The van der Waals surface area contributed by atoms with Crippen molar-refractivity contribution in [2.45, 2.75) is 19.7 Å². The van der Waals surface area contributed by atoms with Crippen molar-refractivity contribution >= 4 is 32.6 Å². The molecule has 3 N–H and O–H groups in total. The molecule has 19 heavy (non-hydrogen) atoms. The summed E-state index contributed by atoms with van der Waals surface area (Å²) in [7, 11) is 1.78. The molecule has 0 saturated heterocycles. The molecule has 3 aromatic rings. The van der Waals surface area contributed by atoms with Gasteiger partial charge in [-0.2, -0.15) is 5.10 Å². The van der Waals surface area contributed by atoms with Crippen LogP contribution in [0.3, 0.4) is 0 Å². The van der Waals surface area contributed by atoms with Gasteiger partial charge in [-0.15, -0.1) is 11.3 Å². The van der Waals surface area contributed by atoms with E-state index in [0.717, 1.165) is 10.1 Å². The van der Waals surface area contributed by atoms with Gasteiger partial charge in [0.15, 0.2) is 5.65 Å². The fourth-order valence-corrected chi connectivity index (χ4v) is 3.16. The minimum absolute atomic E-state index is 0.0416. The predicted octanol–water partition coefficient (Wildman–Crippen LogP) is 0.314. The van der Waals surface area contributed by atoms with E-state index in [1.807, 2.05) is 0 Å². The SMILES string of the molecule is CC(O)c1nc2c(s1)c1cnn(CN)c(=O)c1n2C. The normalized spacial score (nSPS) is 13.5. The lowest BCUT2D eigenvalue weighted by Gasteiger charge is -2.02. The van der Waals surface area contributed by atoms with E-state index >= 15 is 0 Å². The Morgan fingerprint density at radius 1 is 1.58 bits per heavy atom. The zero-order valence-corrected chi connectivity index (χ0v) is 11.3. The lowest BCUT2D eigenvalue weighted by molar-refractivity contribution is 0.199. The molecule has 0 spiro atoms. The zero-order chi connectivity index (χ0) is 13.7.